The Labute approximate surface area is 153 Å². The first-order chi connectivity index (χ1) is 11.8. The normalized spacial score (nSPS) is 10.9. The average molecular weight is 403 g/mol. The quantitative estimate of drug-likeness (QED) is 0.647. The van der Waals surface area contributed by atoms with Crippen molar-refractivity contribution in [3.05, 3.63) is 44.8 Å². The molecule has 7 heteroatoms. The summed E-state index contributed by atoms with van der Waals surface area (Å²) in [5.74, 6) is -0.0318. The van der Waals surface area contributed by atoms with Crippen LogP contribution in [0.15, 0.2) is 16.7 Å². The van der Waals surface area contributed by atoms with Gasteiger partial charge in [-0.05, 0) is 60.0 Å². The van der Waals surface area contributed by atoms with E-state index in [1.54, 1.807) is 18.4 Å². The van der Waals surface area contributed by atoms with Gasteiger partial charge in [-0.2, -0.15) is 5.26 Å². The highest BCUT2D eigenvalue weighted by atomic mass is 79.9. The highest BCUT2D eigenvalue weighted by Crippen LogP contribution is 2.37. The molecule has 0 unspecified atom stereocenters. The number of anilines is 1. The number of methoxy groups -OCH3 is 1. The Balaban J connectivity index is 2.52. The number of aromatic nitrogens is 2. The fourth-order valence-corrected chi connectivity index (χ4v) is 3.43. The number of nitrogen functional groups attached to an aromatic ring is 1. The lowest BCUT2D eigenvalue weighted by Crippen LogP contribution is -2.08. The van der Waals surface area contributed by atoms with Crippen molar-refractivity contribution in [2.24, 2.45) is 0 Å². The molecule has 0 saturated heterocycles. The highest BCUT2D eigenvalue weighted by molar-refractivity contribution is 9.10. The predicted octanol–water partition coefficient (Wildman–Crippen LogP) is 4.31. The van der Waals surface area contributed by atoms with E-state index >= 15 is 0 Å². The number of hydrogen-bond acceptors (Lipinski definition) is 4. The molecule has 2 N–H and O–H groups in total. The van der Waals surface area contributed by atoms with Crippen molar-refractivity contribution < 1.29 is 9.13 Å². The second-order valence-corrected chi connectivity index (χ2v) is 6.61. The van der Waals surface area contributed by atoms with Crippen LogP contribution in [0.4, 0.5) is 10.2 Å². The number of fused-ring (bicyclic) bond motifs is 1. The maximum atomic E-state index is 14.2. The Morgan fingerprint density at radius 1 is 1.28 bits per heavy atom. The second kappa shape index (κ2) is 6.05. The van der Waals surface area contributed by atoms with Gasteiger partial charge in [-0.3, -0.25) is 4.57 Å². The molecule has 1 aromatic carbocycles. The van der Waals surface area contributed by atoms with Gasteiger partial charge in [0.1, 0.15) is 27.7 Å². The van der Waals surface area contributed by atoms with Crippen LogP contribution in [0.2, 0.25) is 0 Å². The number of pyridine rings is 1. The summed E-state index contributed by atoms with van der Waals surface area (Å²) in [6.45, 7) is 5.43. The van der Waals surface area contributed by atoms with Gasteiger partial charge < -0.3 is 10.5 Å². The molecule has 3 aromatic rings. The van der Waals surface area contributed by atoms with Crippen molar-refractivity contribution in [3.63, 3.8) is 0 Å². The summed E-state index contributed by atoms with van der Waals surface area (Å²) in [5.41, 5.74) is 9.97. The first-order valence-electron chi connectivity index (χ1n) is 7.53. The first kappa shape index (κ1) is 17.2. The van der Waals surface area contributed by atoms with E-state index in [9.17, 15) is 9.65 Å². The molecular formula is C18H16BrFN4O. The molecule has 128 valence electrons. The highest BCUT2D eigenvalue weighted by Gasteiger charge is 2.23. The van der Waals surface area contributed by atoms with Crippen LogP contribution < -0.4 is 10.5 Å². The van der Waals surface area contributed by atoms with Crippen LogP contribution in [0.3, 0.4) is 0 Å². The van der Waals surface area contributed by atoms with E-state index in [1.807, 2.05) is 13.0 Å². The van der Waals surface area contributed by atoms with Crippen LogP contribution in [-0.2, 0) is 0 Å². The first-order valence-corrected chi connectivity index (χ1v) is 8.32. The summed E-state index contributed by atoms with van der Waals surface area (Å²) in [5, 5.41) is 10.2. The number of nitrogens with two attached hydrogens (primary N) is 1. The van der Waals surface area contributed by atoms with Gasteiger partial charge in [0.15, 0.2) is 11.6 Å². The second-order valence-electron chi connectivity index (χ2n) is 5.86. The number of nitrogens with zero attached hydrogens (tertiary/aromatic N) is 3. The van der Waals surface area contributed by atoms with E-state index in [2.05, 4.69) is 27.0 Å². The summed E-state index contributed by atoms with van der Waals surface area (Å²) in [6.07, 6.45) is 0. The Bertz CT molecular complexity index is 1070. The third kappa shape index (κ3) is 2.45. The Kier molecular flexibility index (Phi) is 4.17. The predicted molar refractivity (Wildman–Crippen MR) is 98.6 cm³/mol. The Hall–Kier alpha value is -2.59. The molecule has 0 bridgehead atoms. The molecule has 0 saturated carbocycles. The van der Waals surface area contributed by atoms with Crippen molar-refractivity contribution in [2.45, 2.75) is 20.8 Å². The van der Waals surface area contributed by atoms with E-state index < -0.39 is 5.82 Å². The lowest BCUT2D eigenvalue weighted by Gasteiger charge is -2.17. The van der Waals surface area contributed by atoms with Gasteiger partial charge in [0.2, 0.25) is 0 Å². The molecule has 3 rings (SSSR count). The average Bonchev–Trinajstić information content (AvgIpc) is 2.80. The number of rotatable bonds is 2. The van der Waals surface area contributed by atoms with E-state index in [0.717, 1.165) is 5.56 Å². The van der Waals surface area contributed by atoms with Crippen molar-refractivity contribution in [1.82, 2.24) is 9.55 Å². The molecule has 0 fully saturated rings. The summed E-state index contributed by atoms with van der Waals surface area (Å²) in [6, 6.07) is 5.40. The Morgan fingerprint density at radius 2 is 1.96 bits per heavy atom. The van der Waals surface area contributed by atoms with Gasteiger partial charge in [0, 0.05) is 10.9 Å². The summed E-state index contributed by atoms with van der Waals surface area (Å²) in [4.78, 5) is 4.56. The smallest absolute Gasteiger partial charge is 0.165 e. The molecule has 2 heterocycles. The van der Waals surface area contributed by atoms with Crippen LogP contribution in [0, 0.1) is 37.9 Å². The van der Waals surface area contributed by atoms with Crippen molar-refractivity contribution in [3.8, 4) is 17.5 Å². The van der Waals surface area contributed by atoms with E-state index in [-0.39, 0.29) is 11.6 Å². The SMILES string of the molecule is COc1c(F)cc(C)c(-n2c(N)c(C#N)c3cc(C)c(Br)nc32)c1C. The van der Waals surface area contributed by atoms with Crippen LogP contribution in [0.25, 0.3) is 16.7 Å². The molecule has 0 atom stereocenters. The molecule has 0 amide bonds. The lowest BCUT2D eigenvalue weighted by atomic mass is 10.1. The maximum Gasteiger partial charge on any atom is 0.165 e. The number of halogens is 2. The summed E-state index contributed by atoms with van der Waals surface area (Å²) < 4.78 is 21.7. The van der Waals surface area contributed by atoms with Gasteiger partial charge in [-0.15, -0.1) is 0 Å². The largest absolute Gasteiger partial charge is 0.493 e. The number of benzene rings is 1. The zero-order chi connectivity index (χ0) is 18.5. The fraction of sp³-hybridized carbons (Fsp3) is 0.222. The topological polar surface area (TPSA) is 76.9 Å². The van der Waals surface area contributed by atoms with Gasteiger partial charge >= 0.3 is 0 Å². The molecule has 0 radical (unpaired) electrons. The molecule has 5 nitrogen and oxygen atoms in total. The molecule has 2 aromatic heterocycles. The summed E-state index contributed by atoms with van der Waals surface area (Å²) >= 11 is 3.42. The van der Waals surface area contributed by atoms with Crippen LogP contribution in [0.1, 0.15) is 22.3 Å². The maximum absolute atomic E-state index is 14.2. The number of nitriles is 1. The number of ether oxygens (including phenoxy) is 1. The third-order valence-electron chi connectivity index (χ3n) is 4.28. The molecule has 25 heavy (non-hydrogen) atoms. The van der Waals surface area contributed by atoms with Crippen molar-refractivity contribution >= 4 is 32.8 Å². The zero-order valence-electron chi connectivity index (χ0n) is 14.2. The van der Waals surface area contributed by atoms with Gasteiger partial charge in [0.05, 0.1) is 12.8 Å². The molecular weight excluding hydrogens is 387 g/mol. The molecule has 0 spiro atoms. The van der Waals surface area contributed by atoms with Crippen molar-refractivity contribution in [2.75, 3.05) is 12.8 Å². The minimum absolute atomic E-state index is 0.145. The summed E-state index contributed by atoms with van der Waals surface area (Å²) in [7, 11) is 1.42. The van der Waals surface area contributed by atoms with Crippen LogP contribution >= 0.6 is 15.9 Å². The van der Waals surface area contributed by atoms with Gasteiger partial charge in [-0.25, -0.2) is 9.37 Å². The van der Waals surface area contributed by atoms with Gasteiger partial charge in [0.25, 0.3) is 0 Å². The number of aryl methyl sites for hydroxylation is 2. The van der Waals surface area contributed by atoms with E-state index in [4.69, 9.17) is 10.5 Å². The number of hydrogen-bond donors (Lipinski definition) is 1. The molecule has 0 aliphatic heterocycles. The standard InChI is InChI=1S/C18H16BrFN4O/c1-8-6-13(20)15(25-4)10(3)14(8)24-17(22)12(7-21)11-5-9(2)16(19)23-18(11)24/h5-6H,22H2,1-4H3. The molecule has 0 aliphatic carbocycles. The van der Waals surface area contributed by atoms with Crippen molar-refractivity contribution in [1.29, 1.82) is 5.26 Å². The van der Waals surface area contributed by atoms with E-state index in [0.29, 0.717) is 38.0 Å². The zero-order valence-corrected chi connectivity index (χ0v) is 15.8. The monoisotopic (exact) mass is 402 g/mol. The lowest BCUT2D eigenvalue weighted by molar-refractivity contribution is 0.383. The van der Waals surface area contributed by atoms with E-state index in [1.165, 1.54) is 13.2 Å². The minimum Gasteiger partial charge on any atom is -0.493 e. The van der Waals surface area contributed by atoms with Crippen LogP contribution in [0.5, 0.6) is 5.75 Å². The minimum atomic E-state index is -0.443. The third-order valence-corrected chi connectivity index (χ3v) is 5.08. The van der Waals surface area contributed by atoms with Crippen LogP contribution in [-0.4, -0.2) is 16.7 Å². The fourth-order valence-electron chi connectivity index (χ4n) is 3.15. The Morgan fingerprint density at radius 3 is 2.56 bits per heavy atom. The molecule has 0 aliphatic rings. The van der Waals surface area contributed by atoms with Gasteiger partial charge in [-0.1, -0.05) is 0 Å².